The average molecular weight is 508 g/mol. The fourth-order valence-corrected chi connectivity index (χ4v) is 4.29. The Kier molecular flexibility index (Phi) is 7.20. The van der Waals surface area contributed by atoms with Crippen molar-refractivity contribution in [1.82, 2.24) is 20.3 Å². The Morgan fingerprint density at radius 2 is 1.92 bits per heavy atom. The van der Waals surface area contributed by atoms with Crippen LogP contribution in [0.2, 0.25) is 0 Å². The Labute approximate surface area is 221 Å². The predicted molar refractivity (Wildman–Crippen MR) is 147 cm³/mol. The first-order valence-electron chi connectivity index (χ1n) is 12.5. The van der Waals surface area contributed by atoms with Crippen LogP contribution in [0.4, 0.5) is 11.5 Å². The lowest BCUT2D eigenvalue weighted by atomic mass is 9.77. The molecule has 192 valence electrons. The lowest BCUT2D eigenvalue weighted by molar-refractivity contribution is -0.126. The van der Waals surface area contributed by atoms with Gasteiger partial charge in [-0.25, -0.2) is 9.97 Å². The van der Waals surface area contributed by atoms with Crippen LogP contribution in [0.1, 0.15) is 36.1 Å². The third-order valence-electron chi connectivity index (χ3n) is 6.49. The number of hydrogen-bond donors (Lipinski definition) is 2. The first-order valence-corrected chi connectivity index (χ1v) is 12.5. The number of aromatic nitrogens is 3. The van der Waals surface area contributed by atoms with E-state index in [-0.39, 0.29) is 12.5 Å². The van der Waals surface area contributed by atoms with Gasteiger partial charge in [-0.1, -0.05) is 11.8 Å². The quantitative estimate of drug-likeness (QED) is 0.331. The van der Waals surface area contributed by atoms with E-state index in [1.54, 1.807) is 12.5 Å². The summed E-state index contributed by atoms with van der Waals surface area (Å²) in [5.41, 5.74) is 3.94. The van der Waals surface area contributed by atoms with Gasteiger partial charge in [-0.15, -0.1) is 0 Å². The number of rotatable bonds is 7. The molecule has 2 aromatic carbocycles. The van der Waals surface area contributed by atoms with Crippen molar-refractivity contribution in [1.29, 1.82) is 0 Å². The summed E-state index contributed by atoms with van der Waals surface area (Å²) in [5, 5.41) is 7.29. The number of amides is 1. The first kappa shape index (κ1) is 25.2. The van der Waals surface area contributed by atoms with Crippen molar-refractivity contribution in [2.45, 2.75) is 38.6 Å². The number of methoxy groups -OCH3 is 1. The zero-order valence-corrected chi connectivity index (χ0v) is 21.7. The van der Waals surface area contributed by atoms with Gasteiger partial charge in [0.2, 0.25) is 5.91 Å². The van der Waals surface area contributed by atoms with E-state index in [9.17, 15) is 4.79 Å². The van der Waals surface area contributed by atoms with Crippen LogP contribution in [0.25, 0.3) is 10.9 Å². The molecule has 1 fully saturated rings. The maximum absolute atomic E-state index is 12.1. The normalized spacial score (nSPS) is 13.7. The second kappa shape index (κ2) is 10.9. The van der Waals surface area contributed by atoms with Crippen molar-refractivity contribution in [2.75, 3.05) is 19.0 Å². The van der Waals surface area contributed by atoms with Crippen LogP contribution >= 0.6 is 0 Å². The Balaban J connectivity index is 1.36. The number of pyridine rings is 1. The van der Waals surface area contributed by atoms with Crippen molar-refractivity contribution >= 4 is 28.3 Å². The van der Waals surface area contributed by atoms with Crippen LogP contribution in [-0.2, 0) is 9.53 Å². The molecule has 1 aliphatic carbocycles. The molecule has 0 atom stereocenters. The predicted octanol–water partition coefficient (Wildman–Crippen LogP) is 5.21. The van der Waals surface area contributed by atoms with E-state index in [0.29, 0.717) is 11.6 Å². The molecule has 1 saturated carbocycles. The van der Waals surface area contributed by atoms with Gasteiger partial charge in [-0.2, -0.15) is 0 Å². The number of nitrogens with one attached hydrogen (secondary N) is 2. The van der Waals surface area contributed by atoms with E-state index in [1.165, 1.54) is 7.11 Å². The van der Waals surface area contributed by atoms with Gasteiger partial charge in [0, 0.05) is 29.4 Å². The van der Waals surface area contributed by atoms with Crippen molar-refractivity contribution in [3.8, 4) is 23.3 Å². The molecule has 38 heavy (non-hydrogen) atoms. The summed E-state index contributed by atoms with van der Waals surface area (Å²) in [6, 6.07) is 15.6. The Morgan fingerprint density at radius 1 is 1.05 bits per heavy atom. The number of carbonyl (C=O) groups is 1. The molecule has 2 aromatic heterocycles. The van der Waals surface area contributed by atoms with Gasteiger partial charge in [0.25, 0.3) is 0 Å². The summed E-state index contributed by atoms with van der Waals surface area (Å²) in [4.78, 5) is 25.2. The highest BCUT2D eigenvalue weighted by molar-refractivity contribution is 5.91. The minimum absolute atomic E-state index is 0.0293. The van der Waals surface area contributed by atoms with E-state index in [1.807, 2.05) is 62.4 Å². The molecule has 2 heterocycles. The summed E-state index contributed by atoms with van der Waals surface area (Å²) in [5.74, 6) is 8.52. The number of anilines is 2. The largest absolute Gasteiger partial charge is 0.455 e. The smallest absolute Gasteiger partial charge is 0.247 e. The minimum atomic E-state index is -0.491. The second-order valence-electron chi connectivity index (χ2n) is 9.46. The van der Waals surface area contributed by atoms with Gasteiger partial charge in [0.15, 0.2) is 0 Å². The lowest BCUT2D eigenvalue weighted by Crippen LogP contribution is -2.53. The Bertz CT molecular complexity index is 1540. The molecule has 0 aliphatic heterocycles. The van der Waals surface area contributed by atoms with E-state index in [0.717, 1.165) is 58.4 Å². The number of benzene rings is 2. The van der Waals surface area contributed by atoms with Gasteiger partial charge in [-0.05, 0) is 87.2 Å². The lowest BCUT2D eigenvalue weighted by Gasteiger charge is -2.37. The van der Waals surface area contributed by atoms with E-state index >= 15 is 0 Å². The highest BCUT2D eigenvalue weighted by Crippen LogP contribution is 2.32. The molecular weight excluding hydrogens is 478 g/mol. The molecule has 0 spiro atoms. The van der Waals surface area contributed by atoms with Crippen molar-refractivity contribution in [3.05, 3.63) is 77.9 Å². The first-order chi connectivity index (χ1) is 18.4. The molecule has 0 bridgehead atoms. The molecule has 2 N–H and O–H groups in total. The van der Waals surface area contributed by atoms with Gasteiger partial charge in [-0.3, -0.25) is 9.78 Å². The summed E-state index contributed by atoms with van der Waals surface area (Å²) in [7, 11) is 1.51. The molecule has 0 unspecified atom stereocenters. The zero-order valence-electron chi connectivity index (χ0n) is 21.7. The SMILES string of the molecule is COCC(=O)NC1(C#Cc2ccc3ncnc(Nc4ccc(Oc5ccc(C)nc5)c(C)c4)c3c2)CCC1. The number of aryl methyl sites for hydroxylation is 2. The fourth-order valence-electron chi connectivity index (χ4n) is 4.29. The molecule has 8 heteroatoms. The molecular formula is C30H29N5O3. The van der Waals surface area contributed by atoms with Crippen LogP contribution < -0.4 is 15.4 Å². The molecule has 0 saturated heterocycles. The highest BCUT2D eigenvalue weighted by atomic mass is 16.5. The molecule has 1 aliphatic rings. The van der Waals surface area contributed by atoms with Gasteiger partial charge < -0.3 is 20.1 Å². The fraction of sp³-hybridized carbons (Fsp3) is 0.267. The average Bonchev–Trinajstić information content (AvgIpc) is 2.89. The number of fused-ring (bicyclic) bond motifs is 1. The van der Waals surface area contributed by atoms with Crippen molar-refractivity contribution < 1.29 is 14.3 Å². The number of ether oxygens (including phenoxy) is 2. The maximum atomic E-state index is 12.1. The van der Waals surface area contributed by atoms with Crippen molar-refractivity contribution in [2.24, 2.45) is 0 Å². The van der Waals surface area contributed by atoms with Gasteiger partial charge in [0.05, 0.1) is 11.7 Å². The van der Waals surface area contributed by atoms with E-state index in [4.69, 9.17) is 9.47 Å². The standard InChI is InChI=1S/C30H29N5O3/c1-20-15-23(7-10-27(20)38-24-8-5-21(2)31-17-24)34-29-25-16-22(6-9-26(25)32-19-33-29)11-14-30(12-4-13-30)35-28(36)18-37-3/h5-10,15-17,19H,4,12-13,18H2,1-3H3,(H,35,36)(H,32,33,34). The molecule has 1 amide bonds. The molecule has 0 radical (unpaired) electrons. The summed E-state index contributed by atoms with van der Waals surface area (Å²) >= 11 is 0. The second-order valence-corrected chi connectivity index (χ2v) is 9.46. The monoisotopic (exact) mass is 507 g/mol. The molecule has 5 rings (SSSR count). The zero-order chi connectivity index (χ0) is 26.5. The van der Waals surface area contributed by atoms with Crippen LogP contribution in [0, 0.1) is 25.7 Å². The summed E-state index contributed by atoms with van der Waals surface area (Å²) in [6.07, 6.45) is 5.96. The number of hydrogen-bond acceptors (Lipinski definition) is 7. The van der Waals surface area contributed by atoms with Crippen LogP contribution in [0.3, 0.4) is 0 Å². The topological polar surface area (TPSA) is 98.3 Å². The van der Waals surface area contributed by atoms with E-state index in [2.05, 4.69) is 37.4 Å². The van der Waals surface area contributed by atoms with Gasteiger partial charge >= 0.3 is 0 Å². The van der Waals surface area contributed by atoms with E-state index < -0.39 is 5.54 Å². The third kappa shape index (κ3) is 5.74. The molecule has 8 nitrogen and oxygen atoms in total. The summed E-state index contributed by atoms with van der Waals surface area (Å²) < 4.78 is 10.9. The molecule has 4 aromatic rings. The number of nitrogens with zero attached hydrogens (tertiary/aromatic N) is 3. The highest BCUT2D eigenvalue weighted by Gasteiger charge is 2.36. The van der Waals surface area contributed by atoms with Crippen molar-refractivity contribution in [3.63, 3.8) is 0 Å². The van der Waals surface area contributed by atoms with Gasteiger partial charge in [0.1, 0.15) is 35.8 Å². The summed E-state index contributed by atoms with van der Waals surface area (Å²) in [6.45, 7) is 3.97. The minimum Gasteiger partial charge on any atom is -0.455 e. The third-order valence-corrected chi connectivity index (χ3v) is 6.49. The number of carbonyl (C=O) groups excluding carboxylic acids is 1. The van der Waals surface area contributed by atoms with Crippen LogP contribution in [0.5, 0.6) is 11.5 Å². The Hall–Kier alpha value is -4.48. The maximum Gasteiger partial charge on any atom is 0.247 e. The van der Waals surface area contributed by atoms with Crippen LogP contribution in [-0.4, -0.2) is 40.1 Å². The van der Waals surface area contributed by atoms with Crippen LogP contribution in [0.15, 0.2) is 61.1 Å². The Morgan fingerprint density at radius 3 is 2.63 bits per heavy atom.